The second-order valence-electron chi connectivity index (χ2n) is 27.4. The van der Waals surface area contributed by atoms with Crippen LogP contribution >= 0.6 is 7.82 Å². The van der Waals surface area contributed by atoms with Crippen LogP contribution in [0.25, 0.3) is 0 Å². The van der Waals surface area contributed by atoms with Gasteiger partial charge >= 0.3 is 19.8 Å². The number of esters is 2. The first-order valence-electron chi connectivity index (χ1n) is 39.6. The highest BCUT2D eigenvalue weighted by molar-refractivity contribution is 7.47. The number of hydrogen-bond donors (Lipinski definition) is 1. The van der Waals surface area contributed by atoms with E-state index in [0.717, 1.165) is 122 Å². The molecule has 0 spiro atoms. The maximum Gasteiger partial charge on any atom is 0.472 e. The van der Waals surface area contributed by atoms with Crippen molar-refractivity contribution in [3.8, 4) is 0 Å². The van der Waals surface area contributed by atoms with Crippen molar-refractivity contribution in [3.05, 3.63) is 146 Å². The molecule has 96 heavy (non-hydrogen) atoms. The molecule has 0 aliphatic carbocycles. The Bertz CT molecular complexity index is 2140. The fraction of sp³-hybridized carbons (Fsp3) is 0.698. The van der Waals surface area contributed by atoms with Crippen LogP contribution in [-0.2, 0) is 32.7 Å². The minimum Gasteiger partial charge on any atom is -0.462 e. The second-order valence-corrected chi connectivity index (χ2v) is 28.8. The molecular weight excluding hydrogens is 1210 g/mol. The Morgan fingerprint density at radius 2 is 0.594 bits per heavy atom. The number of hydrogen-bond acceptors (Lipinski definition) is 7. The minimum absolute atomic E-state index is 0.0218. The third-order valence-electron chi connectivity index (χ3n) is 16.9. The predicted octanol–water partition coefficient (Wildman–Crippen LogP) is 26.5. The van der Waals surface area contributed by atoms with Gasteiger partial charge in [0, 0.05) is 12.8 Å². The molecule has 0 bridgehead atoms. The zero-order valence-corrected chi connectivity index (χ0v) is 63.7. The average molecular weight is 1360 g/mol. The normalized spacial score (nSPS) is 13.9. The van der Waals surface area contributed by atoms with E-state index in [0.29, 0.717) is 17.4 Å². The van der Waals surface area contributed by atoms with Gasteiger partial charge in [0.2, 0.25) is 0 Å². The molecule has 0 fully saturated rings. The number of carbonyl (C=O) groups is 2. The van der Waals surface area contributed by atoms with Crippen LogP contribution in [0.15, 0.2) is 146 Å². The molecule has 0 aromatic heterocycles. The van der Waals surface area contributed by atoms with Crippen molar-refractivity contribution in [1.29, 1.82) is 0 Å². The van der Waals surface area contributed by atoms with Crippen LogP contribution in [0, 0.1) is 0 Å². The van der Waals surface area contributed by atoms with Gasteiger partial charge in [0.05, 0.1) is 27.7 Å². The molecule has 0 aliphatic heterocycles. The fourth-order valence-electron chi connectivity index (χ4n) is 10.8. The largest absolute Gasteiger partial charge is 0.472 e. The minimum atomic E-state index is -4.41. The summed E-state index contributed by atoms with van der Waals surface area (Å²) in [7, 11) is 1.46. The zero-order valence-electron chi connectivity index (χ0n) is 62.8. The van der Waals surface area contributed by atoms with Gasteiger partial charge in [-0.25, -0.2) is 4.57 Å². The number of ether oxygens (including phenoxy) is 2. The van der Waals surface area contributed by atoms with Gasteiger partial charge in [-0.1, -0.05) is 346 Å². The Morgan fingerprint density at radius 3 is 0.885 bits per heavy atom. The number of nitrogens with zero attached hydrogens (tertiary/aromatic N) is 1. The summed E-state index contributed by atoms with van der Waals surface area (Å²) in [6.45, 7) is 4.30. The number of allylic oxidation sites excluding steroid dienone is 24. The first-order chi connectivity index (χ1) is 47.0. The van der Waals surface area contributed by atoms with Gasteiger partial charge in [-0.15, -0.1) is 0 Å². The lowest BCUT2D eigenvalue weighted by atomic mass is 10.0. The molecule has 0 aliphatic rings. The van der Waals surface area contributed by atoms with E-state index in [1.165, 1.54) is 180 Å². The average Bonchev–Trinajstić information content (AvgIpc) is 1.48. The Kier molecular flexibility index (Phi) is 71.9. The maximum atomic E-state index is 12.9. The summed E-state index contributed by atoms with van der Waals surface area (Å²) in [5.41, 5.74) is 0. The van der Waals surface area contributed by atoms with E-state index in [2.05, 4.69) is 160 Å². The maximum absolute atomic E-state index is 12.9. The topological polar surface area (TPSA) is 108 Å². The third kappa shape index (κ3) is 78.9. The van der Waals surface area contributed by atoms with Crippen LogP contribution in [0.1, 0.15) is 335 Å². The molecule has 2 atom stereocenters. The van der Waals surface area contributed by atoms with E-state index in [-0.39, 0.29) is 32.0 Å². The molecule has 0 saturated carbocycles. The first-order valence-corrected chi connectivity index (χ1v) is 41.1. The van der Waals surface area contributed by atoms with E-state index in [1.807, 2.05) is 21.1 Å². The zero-order chi connectivity index (χ0) is 69.7. The van der Waals surface area contributed by atoms with Gasteiger partial charge in [0.1, 0.15) is 19.8 Å². The standard InChI is InChI=1S/C86H148NO8P/c1-6-8-10-12-14-16-18-20-22-24-26-28-30-32-34-36-38-40-41-42-43-44-45-47-48-50-52-54-56-58-60-62-64-66-68-70-72-74-76-78-85(88)92-82-84(83-94-96(90,91)93-81-80-87(3,4)5)95-86(89)79-77-75-73-71-69-67-65-63-61-59-57-55-53-51-49-46-39-37-35-33-31-29-27-25-23-21-19-17-15-13-11-9-7-2/h9,11,15,17-18,20-21,23-24,26-27,29-30,32-33,35,39,46,51,53,57,59,63,65,84H,6-8,10,12-14,16,19,22,25,28,31,34,36-38,40-45,47-50,52,54-56,58,60-62,64,66-83H2,1-5H3/p+1/b11-9-,17-15-,20-18-,23-21-,26-24-,29-27-,32-30-,35-33-,46-39-,53-51-,59-57-,65-63-. The first kappa shape index (κ1) is 91.9. The highest BCUT2D eigenvalue weighted by Crippen LogP contribution is 2.43. The van der Waals surface area contributed by atoms with Crippen LogP contribution in [-0.4, -0.2) is 74.9 Å². The number of phosphoric acid groups is 1. The van der Waals surface area contributed by atoms with Crippen molar-refractivity contribution in [2.75, 3.05) is 47.5 Å². The predicted molar refractivity (Wildman–Crippen MR) is 417 cm³/mol. The van der Waals surface area contributed by atoms with Crippen molar-refractivity contribution >= 4 is 19.8 Å². The summed E-state index contributed by atoms with van der Waals surface area (Å²) in [5.74, 6) is -0.817. The number of carbonyl (C=O) groups excluding carboxylic acids is 2. The summed E-state index contributed by atoms with van der Waals surface area (Å²) >= 11 is 0. The molecule has 0 aromatic rings. The van der Waals surface area contributed by atoms with Gasteiger partial charge < -0.3 is 18.9 Å². The Hall–Kier alpha value is -4.11. The van der Waals surface area contributed by atoms with Gasteiger partial charge in [0.15, 0.2) is 6.10 Å². The quantitative estimate of drug-likeness (QED) is 0.0211. The Morgan fingerprint density at radius 1 is 0.333 bits per heavy atom. The van der Waals surface area contributed by atoms with E-state index >= 15 is 0 Å². The van der Waals surface area contributed by atoms with Crippen LogP contribution in [0.2, 0.25) is 0 Å². The van der Waals surface area contributed by atoms with E-state index in [9.17, 15) is 19.0 Å². The molecule has 0 rings (SSSR count). The van der Waals surface area contributed by atoms with Crippen molar-refractivity contribution in [1.82, 2.24) is 0 Å². The second kappa shape index (κ2) is 75.1. The fourth-order valence-corrected chi connectivity index (χ4v) is 11.6. The highest BCUT2D eigenvalue weighted by Gasteiger charge is 2.27. The van der Waals surface area contributed by atoms with Gasteiger partial charge in [-0.2, -0.15) is 0 Å². The molecule has 0 radical (unpaired) electrons. The molecule has 1 N–H and O–H groups in total. The smallest absolute Gasteiger partial charge is 0.462 e. The van der Waals surface area contributed by atoms with Crippen molar-refractivity contribution < 1.29 is 42.1 Å². The van der Waals surface area contributed by atoms with E-state index in [1.54, 1.807) is 0 Å². The number of likely N-dealkylation sites (N-methyl/N-ethyl adjacent to an activating group) is 1. The lowest BCUT2D eigenvalue weighted by Gasteiger charge is -2.24. The van der Waals surface area contributed by atoms with Gasteiger partial charge in [-0.05, 0) is 122 Å². The van der Waals surface area contributed by atoms with Crippen molar-refractivity contribution in [2.45, 2.75) is 341 Å². The van der Waals surface area contributed by atoms with Crippen molar-refractivity contribution in [2.24, 2.45) is 0 Å². The highest BCUT2D eigenvalue weighted by atomic mass is 31.2. The third-order valence-corrected chi connectivity index (χ3v) is 17.8. The molecule has 9 nitrogen and oxygen atoms in total. The Balaban J connectivity index is 4.03. The molecule has 550 valence electrons. The van der Waals surface area contributed by atoms with Crippen molar-refractivity contribution in [3.63, 3.8) is 0 Å². The lowest BCUT2D eigenvalue weighted by Crippen LogP contribution is -2.37. The van der Waals surface area contributed by atoms with Crippen LogP contribution in [0.3, 0.4) is 0 Å². The summed E-state index contributed by atoms with van der Waals surface area (Å²) in [4.78, 5) is 36.0. The molecule has 0 heterocycles. The number of phosphoric ester groups is 1. The van der Waals surface area contributed by atoms with E-state index in [4.69, 9.17) is 18.5 Å². The lowest BCUT2D eigenvalue weighted by molar-refractivity contribution is -0.870. The summed E-state index contributed by atoms with van der Waals surface area (Å²) in [5, 5.41) is 0. The van der Waals surface area contributed by atoms with E-state index < -0.39 is 26.5 Å². The number of rotatable bonds is 72. The molecule has 0 amide bonds. The summed E-state index contributed by atoms with van der Waals surface area (Å²) < 4.78 is 34.8. The molecule has 0 saturated heterocycles. The van der Waals surface area contributed by atoms with Gasteiger partial charge in [-0.3, -0.25) is 18.6 Å². The molecular formula is C86H149NO8P+. The number of quaternary nitrogens is 1. The number of unbranched alkanes of at least 4 members (excludes halogenated alkanes) is 34. The SMILES string of the molecule is CC/C=C\C/C=C\C/C=C\C/C=C\C/C=C\C/C=C\C/C=C\C/C=C\C/C=C\CCCCCCCC(=O)OC(COC(=O)CCCCCCCCCCCCCCCCCCCCCCCCCC/C=C\C/C=C\C/C=C\CCCCCCC)COP(=O)(O)OCC[N+](C)(C)C. The summed E-state index contributed by atoms with van der Waals surface area (Å²) in [6, 6.07) is 0. The van der Waals surface area contributed by atoms with Gasteiger partial charge in [0.25, 0.3) is 0 Å². The summed E-state index contributed by atoms with van der Waals surface area (Å²) in [6.07, 6.45) is 111. The molecule has 10 heteroatoms. The van der Waals surface area contributed by atoms with Crippen LogP contribution < -0.4 is 0 Å². The van der Waals surface area contributed by atoms with Crippen LogP contribution in [0.5, 0.6) is 0 Å². The van der Waals surface area contributed by atoms with Crippen LogP contribution in [0.4, 0.5) is 0 Å². The monoisotopic (exact) mass is 1360 g/mol. The molecule has 2 unspecified atom stereocenters. The molecule has 0 aromatic carbocycles. The Labute approximate surface area is 593 Å².